The molecule has 1 aromatic rings. The minimum atomic E-state index is -3.93. The molecule has 0 bridgehead atoms. The number of rotatable bonds is 6. The molecule has 3 N–H and O–H groups in total. The Kier molecular flexibility index (Phi) is 5.89. The summed E-state index contributed by atoms with van der Waals surface area (Å²) in [5, 5.41) is 10.7. The summed E-state index contributed by atoms with van der Waals surface area (Å²) in [6, 6.07) is 3.95. The molecule has 1 rings (SSSR count). The molecule has 0 saturated carbocycles. The van der Waals surface area contributed by atoms with Gasteiger partial charge in [-0.2, -0.15) is 0 Å². The van der Waals surface area contributed by atoms with Gasteiger partial charge in [-0.15, -0.1) is 0 Å². The average molecular weight is 333 g/mol. The van der Waals surface area contributed by atoms with Crippen LogP contribution in [0.25, 0.3) is 6.08 Å². The second kappa shape index (κ2) is 7.21. The highest BCUT2D eigenvalue weighted by Crippen LogP contribution is 2.23. The third-order valence-corrected chi connectivity index (χ3v) is 4.25. The van der Waals surface area contributed by atoms with Crippen molar-refractivity contribution in [1.29, 1.82) is 0 Å². The van der Waals surface area contributed by atoms with Gasteiger partial charge in [-0.3, -0.25) is 4.79 Å². The molecule has 0 atom stereocenters. The monoisotopic (exact) mass is 332 g/mol. The highest BCUT2D eigenvalue weighted by atomic mass is 35.5. The van der Waals surface area contributed by atoms with Crippen molar-refractivity contribution in [3.8, 4) is 0 Å². The second-order valence-electron chi connectivity index (χ2n) is 3.86. The third kappa shape index (κ3) is 5.18. The third-order valence-electron chi connectivity index (χ3n) is 2.37. The Morgan fingerprint density at radius 1 is 1.38 bits per heavy atom. The van der Waals surface area contributed by atoms with Crippen molar-refractivity contribution >= 4 is 39.6 Å². The van der Waals surface area contributed by atoms with Crippen molar-refractivity contribution in [1.82, 2.24) is 10.0 Å². The summed E-state index contributed by atoms with van der Waals surface area (Å²) in [6.45, 7) is -0.407. The van der Waals surface area contributed by atoms with Gasteiger partial charge >= 0.3 is 5.97 Å². The molecular weight excluding hydrogens is 320 g/mol. The van der Waals surface area contributed by atoms with E-state index in [0.29, 0.717) is 5.56 Å². The van der Waals surface area contributed by atoms with Gasteiger partial charge in [-0.05, 0) is 23.8 Å². The van der Waals surface area contributed by atoms with Gasteiger partial charge in [0, 0.05) is 13.1 Å². The fourth-order valence-electron chi connectivity index (χ4n) is 1.33. The summed E-state index contributed by atoms with van der Waals surface area (Å²) in [4.78, 5) is 21.2. The van der Waals surface area contributed by atoms with Crippen molar-refractivity contribution in [2.45, 2.75) is 4.90 Å². The SMILES string of the molecule is CNC(=O)CNS(=O)(=O)c1ccc(C=CC(=O)O)cc1Cl. The maximum atomic E-state index is 12.0. The fraction of sp³-hybridized carbons (Fsp3) is 0.167. The molecule has 9 heteroatoms. The first-order valence-electron chi connectivity index (χ1n) is 5.67. The van der Waals surface area contributed by atoms with E-state index >= 15 is 0 Å². The molecule has 0 spiro atoms. The Morgan fingerprint density at radius 3 is 2.57 bits per heavy atom. The first-order valence-corrected chi connectivity index (χ1v) is 7.53. The van der Waals surface area contributed by atoms with Gasteiger partial charge in [-0.25, -0.2) is 17.9 Å². The van der Waals surface area contributed by atoms with E-state index in [-0.39, 0.29) is 9.92 Å². The number of hydrogen-bond donors (Lipinski definition) is 3. The zero-order chi connectivity index (χ0) is 16.0. The zero-order valence-corrected chi connectivity index (χ0v) is 12.5. The van der Waals surface area contributed by atoms with Gasteiger partial charge in [0.15, 0.2) is 0 Å². The molecule has 0 aliphatic rings. The van der Waals surface area contributed by atoms with Gasteiger partial charge in [-0.1, -0.05) is 17.7 Å². The Hall–Kier alpha value is -1.90. The Labute approximate surface area is 126 Å². The molecule has 0 aromatic heterocycles. The van der Waals surface area contributed by atoms with E-state index in [1.54, 1.807) is 0 Å². The first kappa shape index (κ1) is 17.2. The fourth-order valence-corrected chi connectivity index (χ4v) is 2.87. The summed E-state index contributed by atoms with van der Waals surface area (Å²) in [5.74, 6) is -1.62. The summed E-state index contributed by atoms with van der Waals surface area (Å²) in [7, 11) is -2.55. The molecule has 1 amide bonds. The highest BCUT2D eigenvalue weighted by molar-refractivity contribution is 7.89. The number of sulfonamides is 1. The van der Waals surface area contributed by atoms with Crippen LogP contribution < -0.4 is 10.0 Å². The number of carbonyl (C=O) groups excluding carboxylic acids is 1. The van der Waals surface area contributed by atoms with Crippen molar-refractivity contribution in [3.05, 3.63) is 34.9 Å². The molecule has 0 unspecified atom stereocenters. The van der Waals surface area contributed by atoms with Crippen LogP contribution in [0.3, 0.4) is 0 Å². The smallest absolute Gasteiger partial charge is 0.328 e. The topological polar surface area (TPSA) is 113 Å². The van der Waals surface area contributed by atoms with Crippen LogP contribution in [0.15, 0.2) is 29.2 Å². The highest BCUT2D eigenvalue weighted by Gasteiger charge is 2.18. The number of nitrogens with one attached hydrogen (secondary N) is 2. The lowest BCUT2D eigenvalue weighted by atomic mass is 10.2. The van der Waals surface area contributed by atoms with Crippen LogP contribution in [-0.2, 0) is 19.6 Å². The number of likely N-dealkylation sites (N-methyl/N-ethyl adjacent to an activating group) is 1. The lowest BCUT2D eigenvalue weighted by molar-refractivity contribution is -0.131. The van der Waals surface area contributed by atoms with E-state index in [2.05, 4.69) is 10.0 Å². The van der Waals surface area contributed by atoms with E-state index in [4.69, 9.17) is 16.7 Å². The van der Waals surface area contributed by atoms with Crippen LogP contribution in [0.5, 0.6) is 0 Å². The predicted octanol–water partition coefficient (Wildman–Crippen LogP) is 0.462. The molecule has 0 fully saturated rings. The van der Waals surface area contributed by atoms with Crippen molar-refractivity contribution in [2.24, 2.45) is 0 Å². The summed E-state index contributed by atoms with van der Waals surface area (Å²) < 4.78 is 26.0. The Balaban J connectivity index is 2.98. The lowest BCUT2D eigenvalue weighted by Crippen LogP contribution is -2.35. The average Bonchev–Trinajstić information content (AvgIpc) is 2.42. The molecule has 0 aliphatic heterocycles. The summed E-state index contributed by atoms with van der Waals surface area (Å²) >= 11 is 5.88. The van der Waals surface area contributed by atoms with Crippen molar-refractivity contribution < 1.29 is 23.1 Å². The standard InChI is InChI=1S/C12H13ClN2O5S/c1-14-11(16)7-15-21(19,20)10-4-2-8(6-9(10)13)3-5-12(17)18/h2-6,15H,7H2,1H3,(H,14,16)(H,17,18). The molecule has 0 heterocycles. The first-order chi connectivity index (χ1) is 9.76. The molecule has 0 saturated heterocycles. The van der Waals surface area contributed by atoms with E-state index in [9.17, 15) is 18.0 Å². The largest absolute Gasteiger partial charge is 0.478 e. The molecule has 0 aliphatic carbocycles. The summed E-state index contributed by atoms with van der Waals surface area (Å²) in [5.41, 5.74) is 0.438. The molecule has 114 valence electrons. The van der Waals surface area contributed by atoms with Crippen LogP contribution in [-0.4, -0.2) is 39.0 Å². The number of halogens is 1. The zero-order valence-electron chi connectivity index (χ0n) is 11.0. The van der Waals surface area contributed by atoms with Crippen molar-refractivity contribution in [2.75, 3.05) is 13.6 Å². The number of hydrogen-bond acceptors (Lipinski definition) is 4. The van der Waals surface area contributed by atoms with E-state index in [0.717, 1.165) is 6.08 Å². The van der Waals surface area contributed by atoms with Crippen LogP contribution in [0.2, 0.25) is 5.02 Å². The van der Waals surface area contributed by atoms with Crippen molar-refractivity contribution in [3.63, 3.8) is 0 Å². The van der Waals surface area contributed by atoms with Crippen LogP contribution in [0, 0.1) is 0 Å². The van der Waals surface area contributed by atoms with Crippen LogP contribution in [0.1, 0.15) is 5.56 Å². The van der Waals surface area contributed by atoms with Gasteiger partial charge < -0.3 is 10.4 Å². The second-order valence-corrected chi connectivity index (χ2v) is 6.00. The van der Waals surface area contributed by atoms with Gasteiger partial charge in [0.2, 0.25) is 15.9 Å². The molecule has 7 nitrogen and oxygen atoms in total. The number of carboxylic acid groups (broad SMARTS) is 1. The maximum Gasteiger partial charge on any atom is 0.328 e. The Bertz CT molecular complexity index is 685. The quantitative estimate of drug-likeness (QED) is 0.655. The van der Waals surface area contributed by atoms with Gasteiger partial charge in [0.1, 0.15) is 4.90 Å². The molecule has 0 radical (unpaired) electrons. The number of amides is 1. The normalized spacial score (nSPS) is 11.5. The van der Waals surface area contributed by atoms with Gasteiger partial charge in [0.05, 0.1) is 11.6 Å². The van der Waals surface area contributed by atoms with Gasteiger partial charge in [0.25, 0.3) is 0 Å². The van der Waals surface area contributed by atoms with Crippen LogP contribution in [0.4, 0.5) is 0 Å². The molecular formula is C12H13ClN2O5S. The van der Waals surface area contributed by atoms with E-state index < -0.39 is 28.4 Å². The minimum Gasteiger partial charge on any atom is -0.478 e. The number of benzene rings is 1. The Morgan fingerprint density at radius 2 is 2.05 bits per heavy atom. The predicted molar refractivity (Wildman–Crippen MR) is 77.4 cm³/mol. The number of carbonyl (C=O) groups is 2. The van der Waals surface area contributed by atoms with E-state index in [1.165, 1.54) is 31.3 Å². The number of aliphatic carboxylic acids is 1. The minimum absolute atomic E-state index is 0.0769. The lowest BCUT2D eigenvalue weighted by Gasteiger charge is -2.08. The summed E-state index contributed by atoms with van der Waals surface area (Å²) in [6.07, 6.45) is 2.19. The van der Waals surface area contributed by atoms with E-state index in [1.807, 2.05) is 0 Å². The maximum absolute atomic E-state index is 12.0. The molecule has 21 heavy (non-hydrogen) atoms. The van der Waals surface area contributed by atoms with Crippen LogP contribution >= 0.6 is 11.6 Å². The number of carboxylic acids is 1. The molecule has 1 aromatic carbocycles.